The summed E-state index contributed by atoms with van der Waals surface area (Å²) < 4.78 is 1.29. The smallest absolute Gasteiger partial charge is 0.103 e. The minimum Gasteiger partial charge on any atom is -0.312 e. The van der Waals surface area contributed by atoms with Crippen LogP contribution in [0.25, 0.3) is 10.2 Å². The van der Waals surface area contributed by atoms with E-state index in [1.54, 1.807) is 0 Å². The van der Waals surface area contributed by atoms with Crippen LogP contribution >= 0.6 is 11.3 Å². The van der Waals surface area contributed by atoms with Gasteiger partial charge in [-0.05, 0) is 35.7 Å². The molecule has 0 spiro atoms. The topological polar surface area (TPSA) is 24.9 Å². The predicted molar refractivity (Wildman–Crippen MR) is 84.3 cm³/mol. The summed E-state index contributed by atoms with van der Waals surface area (Å²) in [5.41, 5.74) is 5.26. The van der Waals surface area contributed by atoms with Gasteiger partial charge in [0.15, 0.2) is 0 Å². The van der Waals surface area contributed by atoms with E-state index in [0.717, 1.165) is 18.6 Å². The summed E-state index contributed by atoms with van der Waals surface area (Å²) in [5, 5.41) is 4.74. The molecule has 1 unspecified atom stereocenters. The first-order valence-corrected chi connectivity index (χ1v) is 7.78. The average Bonchev–Trinajstić information content (AvgIpc) is 2.89. The highest BCUT2D eigenvalue weighted by molar-refractivity contribution is 7.18. The van der Waals surface area contributed by atoms with Crippen LogP contribution in [-0.4, -0.2) is 11.5 Å². The van der Waals surface area contributed by atoms with Crippen LogP contribution in [0, 0.1) is 6.92 Å². The lowest BCUT2D eigenvalue weighted by molar-refractivity contribution is 0.590. The molecule has 2 nitrogen and oxygen atoms in total. The summed E-state index contributed by atoms with van der Waals surface area (Å²) in [6.45, 7) is 4.09. The molecule has 4 rings (SSSR count). The Morgan fingerprint density at radius 1 is 1.20 bits per heavy atom. The lowest BCUT2D eigenvalue weighted by Crippen LogP contribution is -2.28. The van der Waals surface area contributed by atoms with Crippen molar-refractivity contribution in [1.82, 2.24) is 10.3 Å². The van der Waals surface area contributed by atoms with Crippen LogP contribution in [0.1, 0.15) is 27.6 Å². The maximum Gasteiger partial charge on any atom is 0.103 e. The molecule has 1 atom stereocenters. The van der Waals surface area contributed by atoms with Gasteiger partial charge in [0.25, 0.3) is 0 Å². The first-order chi connectivity index (χ1) is 9.81. The van der Waals surface area contributed by atoms with Crippen molar-refractivity contribution in [2.75, 3.05) is 6.54 Å². The van der Waals surface area contributed by atoms with Gasteiger partial charge in [0.05, 0.1) is 10.2 Å². The van der Waals surface area contributed by atoms with Crippen molar-refractivity contribution >= 4 is 21.6 Å². The minimum absolute atomic E-state index is 0.387. The molecule has 0 saturated carbocycles. The molecule has 1 aromatic heterocycles. The number of fused-ring (bicyclic) bond motifs is 2. The highest BCUT2D eigenvalue weighted by Gasteiger charge is 2.23. The van der Waals surface area contributed by atoms with Crippen LogP contribution in [0.3, 0.4) is 0 Å². The molecular weight excluding hydrogens is 264 g/mol. The lowest BCUT2D eigenvalue weighted by atomic mass is 9.91. The number of rotatable bonds is 1. The van der Waals surface area contributed by atoms with Crippen LogP contribution in [0.2, 0.25) is 0 Å². The molecule has 0 amide bonds. The van der Waals surface area contributed by atoms with Gasteiger partial charge >= 0.3 is 0 Å². The van der Waals surface area contributed by atoms with Crippen LogP contribution in [0.15, 0.2) is 42.5 Å². The van der Waals surface area contributed by atoms with Crippen LogP contribution in [0.4, 0.5) is 0 Å². The minimum atomic E-state index is 0.387. The second kappa shape index (κ2) is 4.69. The Hall–Kier alpha value is -1.71. The molecule has 1 aliphatic heterocycles. The highest BCUT2D eigenvalue weighted by Crippen LogP contribution is 2.35. The summed E-state index contributed by atoms with van der Waals surface area (Å²) in [6, 6.07) is 15.2. The van der Waals surface area contributed by atoms with E-state index in [1.807, 2.05) is 11.3 Å². The maximum atomic E-state index is 4.85. The first-order valence-electron chi connectivity index (χ1n) is 6.97. The third-order valence-corrected chi connectivity index (χ3v) is 5.08. The van der Waals surface area contributed by atoms with Gasteiger partial charge < -0.3 is 5.32 Å². The fourth-order valence-corrected chi connectivity index (χ4v) is 4.10. The third kappa shape index (κ3) is 1.94. The van der Waals surface area contributed by atoms with Gasteiger partial charge in [0.1, 0.15) is 5.01 Å². The van der Waals surface area contributed by atoms with Gasteiger partial charge in [-0.2, -0.15) is 0 Å². The van der Waals surface area contributed by atoms with Gasteiger partial charge in [-0.1, -0.05) is 30.3 Å². The second-order valence-electron chi connectivity index (χ2n) is 5.41. The van der Waals surface area contributed by atoms with E-state index in [1.165, 1.54) is 26.4 Å². The molecule has 20 heavy (non-hydrogen) atoms. The van der Waals surface area contributed by atoms with Crippen molar-refractivity contribution in [1.29, 1.82) is 0 Å². The van der Waals surface area contributed by atoms with Crippen molar-refractivity contribution in [3.05, 3.63) is 64.2 Å². The summed E-state index contributed by atoms with van der Waals surface area (Å²) >= 11 is 1.83. The summed E-state index contributed by atoms with van der Waals surface area (Å²) in [4.78, 5) is 4.85. The molecule has 1 N–H and O–H groups in total. The van der Waals surface area contributed by atoms with E-state index in [-0.39, 0.29) is 0 Å². The summed E-state index contributed by atoms with van der Waals surface area (Å²) in [6.07, 6.45) is 0. The van der Waals surface area contributed by atoms with Gasteiger partial charge in [-0.3, -0.25) is 0 Å². The third-order valence-electron chi connectivity index (χ3n) is 3.95. The Morgan fingerprint density at radius 2 is 2.10 bits per heavy atom. The molecule has 3 heteroatoms. The fraction of sp³-hybridized carbons (Fsp3) is 0.235. The number of hydrogen-bond acceptors (Lipinski definition) is 3. The maximum absolute atomic E-state index is 4.85. The molecular formula is C17H16N2S. The van der Waals surface area contributed by atoms with Crippen LogP contribution in [0.5, 0.6) is 0 Å². The Morgan fingerprint density at radius 3 is 3.05 bits per heavy atom. The molecule has 0 aliphatic carbocycles. The lowest BCUT2D eigenvalue weighted by Gasteiger charge is -2.24. The monoisotopic (exact) mass is 280 g/mol. The molecule has 1 aliphatic rings. The second-order valence-corrected chi connectivity index (χ2v) is 6.47. The Balaban J connectivity index is 1.84. The van der Waals surface area contributed by atoms with E-state index in [0.29, 0.717) is 5.92 Å². The van der Waals surface area contributed by atoms with Gasteiger partial charge in [-0.25, -0.2) is 4.98 Å². The van der Waals surface area contributed by atoms with Crippen molar-refractivity contribution in [3.8, 4) is 0 Å². The summed E-state index contributed by atoms with van der Waals surface area (Å²) in [7, 11) is 0. The molecule has 3 aromatic rings. The van der Waals surface area contributed by atoms with Crippen molar-refractivity contribution < 1.29 is 0 Å². The number of aromatic nitrogens is 1. The average molecular weight is 280 g/mol. The zero-order valence-electron chi connectivity index (χ0n) is 11.4. The molecule has 2 heterocycles. The zero-order valence-corrected chi connectivity index (χ0v) is 12.2. The SMILES string of the molecule is Cc1ccc2nc(C3CNCc4ccccc43)sc2c1. The van der Waals surface area contributed by atoms with Crippen molar-refractivity contribution in [2.24, 2.45) is 0 Å². The molecule has 0 fully saturated rings. The zero-order chi connectivity index (χ0) is 13.5. The molecule has 0 saturated heterocycles. The Bertz CT molecular complexity index is 776. The highest BCUT2D eigenvalue weighted by atomic mass is 32.1. The van der Waals surface area contributed by atoms with Gasteiger partial charge in [0, 0.05) is 19.0 Å². The quantitative estimate of drug-likeness (QED) is 0.732. The summed E-state index contributed by atoms with van der Waals surface area (Å²) in [5.74, 6) is 0.387. The Labute approximate surface area is 122 Å². The van der Waals surface area contributed by atoms with E-state index in [9.17, 15) is 0 Å². The predicted octanol–water partition coefficient (Wildman–Crippen LogP) is 3.84. The number of aryl methyl sites for hydroxylation is 1. The molecule has 2 aromatic carbocycles. The van der Waals surface area contributed by atoms with E-state index < -0.39 is 0 Å². The largest absolute Gasteiger partial charge is 0.312 e. The molecule has 0 bridgehead atoms. The fourth-order valence-electron chi connectivity index (χ4n) is 2.92. The number of benzene rings is 2. The standard InChI is InChI=1S/C17H16N2S/c1-11-6-7-15-16(8-11)20-17(19-15)14-10-18-9-12-4-2-3-5-13(12)14/h2-8,14,18H,9-10H2,1H3. The number of thiazole rings is 1. The van der Waals surface area contributed by atoms with Crippen LogP contribution < -0.4 is 5.32 Å². The number of hydrogen-bond donors (Lipinski definition) is 1. The van der Waals surface area contributed by atoms with E-state index >= 15 is 0 Å². The number of nitrogens with zero attached hydrogens (tertiary/aromatic N) is 1. The normalized spacial score (nSPS) is 18.1. The van der Waals surface area contributed by atoms with Gasteiger partial charge in [-0.15, -0.1) is 11.3 Å². The van der Waals surface area contributed by atoms with E-state index in [4.69, 9.17) is 4.98 Å². The van der Waals surface area contributed by atoms with E-state index in [2.05, 4.69) is 54.7 Å². The van der Waals surface area contributed by atoms with Crippen molar-refractivity contribution in [2.45, 2.75) is 19.4 Å². The molecule has 0 radical (unpaired) electrons. The molecule has 100 valence electrons. The number of nitrogens with one attached hydrogen (secondary N) is 1. The van der Waals surface area contributed by atoms with Gasteiger partial charge in [0.2, 0.25) is 0 Å². The van der Waals surface area contributed by atoms with Crippen LogP contribution in [-0.2, 0) is 6.54 Å². The van der Waals surface area contributed by atoms with Crippen molar-refractivity contribution in [3.63, 3.8) is 0 Å². The first kappa shape index (κ1) is 12.1. The Kier molecular flexibility index (Phi) is 2.83.